The molecule has 0 saturated heterocycles. The number of benzene rings is 2. The summed E-state index contributed by atoms with van der Waals surface area (Å²) in [6.07, 6.45) is 0. The van der Waals surface area contributed by atoms with Crippen molar-refractivity contribution in [2.75, 3.05) is 18.1 Å². The van der Waals surface area contributed by atoms with Crippen LogP contribution in [0, 0.1) is 5.82 Å². The van der Waals surface area contributed by atoms with Crippen molar-refractivity contribution >= 4 is 23.3 Å². The lowest BCUT2D eigenvalue weighted by Crippen LogP contribution is -2.52. The van der Waals surface area contributed by atoms with Crippen LogP contribution in [0.15, 0.2) is 42.5 Å². The van der Waals surface area contributed by atoms with E-state index in [0.717, 1.165) is 0 Å². The summed E-state index contributed by atoms with van der Waals surface area (Å²) in [5.74, 6) is -0.873. The molecular formula is C22H23FN2O5. The first kappa shape index (κ1) is 21.3. The van der Waals surface area contributed by atoms with E-state index in [1.165, 1.54) is 29.2 Å². The number of ether oxygens (including phenoxy) is 2. The Morgan fingerprint density at radius 1 is 1.20 bits per heavy atom. The van der Waals surface area contributed by atoms with Crippen molar-refractivity contribution in [1.82, 2.24) is 5.32 Å². The topological polar surface area (TPSA) is 84.9 Å². The molecular weight excluding hydrogens is 391 g/mol. The minimum atomic E-state index is -0.781. The average Bonchev–Trinajstić information content (AvgIpc) is 2.70. The number of carbonyl (C=O) groups is 3. The summed E-state index contributed by atoms with van der Waals surface area (Å²) in [5.41, 5.74) is 0.624. The molecule has 0 unspecified atom stereocenters. The number of hydrogen-bond acceptors (Lipinski definition) is 5. The largest absolute Gasteiger partial charge is 0.485 e. The highest BCUT2D eigenvalue weighted by Crippen LogP contribution is 2.34. The second-order valence-electron chi connectivity index (χ2n) is 7.24. The van der Waals surface area contributed by atoms with Gasteiger partial charge in [-0.1, -0.05) is 6.07 Å². The van der Waals surface area contributed by atoms with E-state index in [4.69, 9.17) is 9.47 Å². The third-order valence-corrected chi connectivity index (χ3v) is 4.52. The maximum absolute atomic E-state index is 13.3. The van der Waals surface area contributed by atoms with Crippen molar-refractivity contribution in [3.8, 4) is 11.5 Å². The lowest BCUT2D eigenvalue weighted by atomic mass is 10.1. The number of ketones is 1. The van der Waals surface area contributed by atoms with Gasteiger partial charge in [0.15, 0.2) is 19.0 Å². The zero-order valence-corrected chi connectivity index (χ0v) is 17.0. The lowest BCUT2D eigenvalue weighted by molar-refractivity contribution is -0.127. The number of nitrogens with zero attached hydrogens (tertiary/aromatic N) is 1. The van der Waals surface area contributed by atoms with Crippen LogP contribution in [-0.2, 0) is 9.59 Å². The van der Waals surface area contributed by atoms with Crippen LogP contribution < -0.4 is 19.7 Å². The van der Waals surface area contributed by atoms with Crippen molar-refractivity contribution in [3.63, 3.8) is 0 Å². The monoisotopic (exact) mass is 414 g/mol. The van der Waals surface area contributed by atoms with Crippen molar-refractivity contribution in [2.45, 2.75) is 32.9 Å². The highest BCUT2D eigenvalue weighted by Gasteiger charge is 2.33. The van der Waals surface area contributed by atoms with Gasteiger partial charge < -0.3 is 14.8 Å². The Balaban J connectivity index is 1.81. The Morgan fingerprint density at radius 2 is 1.97 bits per heavy atom. The van der Waals surface area contributed by atoms with E-state index >= 15 is 0 Å². The van der Waals surface area contributed by atoms with Crippen molar-refractivity contribution in [2.24, 2.45) is 0 Å². The van der Waals surface area contributed by atoms with Gasteiger partial charge in [0, 0.05) is 17.7 Å². The van der Waals surface area contributed by atoms with Gasteiger partial charge in [0.05, 0.1) is 5.69 Å². The number of amides is 2. The number of hydrogen-bond donors (Lipinski definition) is 1. The summed E-state index contributed by atoms with van der Waals surface area (Å²) in [6, 6.07) is 9.28. The predicted octanol–water partition coefficient (Wildman–Crippen LogP) is 2.73. The van der Waals surface area contributed by atoms with Crippen LogP contribution in [0.5, 0.6) is 11.5 Å². The normalized spacial score (nSPS) is 14.0. The van der Waals surface area contributed by atoms with E-state index in [0.29, 0.717) is 11.4 Å². The maximum atomic E-state index is 13.3. The van der Waals surface area contributed by atoms with Gasteiger partial charge in [-0.2, -0.15) is 0 Å². The quantitative estimate of drug-likeness (QED) is 0.705. The molecule has 1 N–H and O–H groups in total. The van der Waals surface area contributed by atoms with Crippen molar-refractivity contribution < 1.29 is 28.2 Å². The third-order valence-electron chi connectivity index (χ3n) is 4.52. The summed E-state index contributed by atoms with van der Waals surface area (Å²) in [4.78, 5) is 38.9. The SMILES string of the molecule is CC(C)NC(=O)[C@@H](C)N1C(=O)COc2ccc(C(=O)COc3cccc(F)c3)cc21. The first-order valence-electron chi connectivity index (χ1n) is 9.57. The number of fused-ring (bicyclic) bond motifs is 1. The Labute approximate surface area is 173 Å². The fourth-order valence-electron chi connectivity index (χ4n) is 3.08. The smallest absolute Gasteiger partial charge is 0.265 e. The Morgan fingerprint density at radius 3 is 2.67 bits per heavy atom. The molecule has 1 heterocycles. The van der Waals surface area contributed by atoms with Crippen LogP contribution in [0.25, 0.3) is 0 Å². The van der Waals surface area contributed by atoms with Crippen LogP contribution in [0.1, 0.15) is 31.1 Å². The molecule has 1 aliphatic rings. The standard InChI is InChI=1S/C22H23FN2O5/c1-13(2)24-22(28)14(3)25-18-9-15(7-8-20(18)30-12-21(25)27)19(26)11-29-17-6-4-5-16(23)10-17/h4-10,13-14H,11-12H2,1-3H3,(H,24,28)/t14-/m1/s1. The molecule has 0 radical (unpaired) electrons. The van der Waals surface area contributed by atoms with E-state index in [1.54, 1.807) is 25.1 Å². The molecule has 2 aromatic carbocycles. The van der Waals surface area contributed by atoms with Crippen LogP contribution in [0.3, 0.4) is 0 Å². The van der Waals surface area contributed by atoms with E-state index in [1.807, 2.05) is 13.8 Å². The highest BCUT2D eigenvalue weighted by molar-refractivity contribution is 6.05. The molecule has 0 saturated carbocycles. The zero-order valence-electron chi connectivity index (χ0n) is 17.0. The molecule has 7 nitrogen and oxygen atoms in total. The van der Waals surface area contributed by atoms with Gasteiger partial charge in [0.1, 0.15) is 23.4 Å². The number of carbonyl (C=O) groups excluding carboxylic acids is 3. The van der Waals surface area contributed by atoms with Gasteiger partial charge in [-0.3, -0.25) is 19.3 Å². The molecule has 3 rings (SSSR count). The molecule has 2 amide bonds. The first-order valence-corrected chi connectivity index (χ1v) is 9.57. The van der Waals surface area contributed by atoms with Gasteiger partial charge in [0.2, 0.25) is 5.91 Å². The van der Waals surface area contributed by atoms with Crippen LogP contribution in [0.4, 0.5) is 10.1 Å². The van der Waals surface area contributed by atoms with E-state index in [2.05, 4.69) is 5.32 Å². The van der Waals surface area contributed by atoms with E-state index in [-0.39, 0.29) is 48.2 Å². The summed E-state index contributed by atoms with van der Waals surface area (Å²) in [7, 11) is 0. The summed E-state index contributed by atoms with van der Waals surface area (Å²) >= 11 is 0. The Bertz CT molecular complexity index is 976. The zero-order chi connectivity index (χ0) is 21.8. The fourth-order valence-corrected chi connectivity index (χ4v) is 3.08. The summed E-state index contributed by atoms with van der Waals surface area (Å²) in [5, 5.41) is 2.78. The second-order valence-corrected chi connectivity index (χ2v) is 7.24. The highest BCUT2D eigenvalue weighted by atomic mass is 19.1. The molecule has 30 heavy (non-hydrogen) atoms. The van der Waals surface area contributed by atoms with Crippen LogP contribution in [0.2, 0.25) is 0 Å². The number of rotatable bonds is 7. The fraction of sp³-hybridized carbons (Fsp3) is 0.318. The number of halogens is 1. The van der Waals surface area contributed by atoms with Gasteiger partial charge >= 0.3 is 0 Å². The van der Waals surface area contributed by atoms with E-state index < -0.39 is 11.9 Å². The van der Waals surface area contributed by atoms with Crippen LogP contribution >= 0.6 is 0 Å². The van der Waals surface area contributed by atoms with Gasteiger partial charge in [-0.25, -0.2) is 4.39 Å². The molecule has 158 valence electrons. The van der Waals surface area contributed by atoms with Gasteiger partial charge in [-0.15, -0.1) is 0 Å². The number of Topliss-reactive ketones (excluding diaryl/α,β-unsaturated/α-hetero) is 1. The van der Waals surface area contributed by atoms with Gasteiger partial charge in [-0.05, 0) is 51.1 Å². The van der Waals surface area contributed by atoms with Crippen LogP contribution in [-0.4, -0.2) is 42.9 Å². The Hall–Kier alpha value is -3.42. The average molecular weight is 414 g/mol. The summed E-state index contributed by atoms with van der Waals surface area (Å²) < 4.78 is 24.1. The molecule has 1 atom stereocenters. The number of anilines is 1. The summed E-state index contributed by atoms with van der Waals surface area (Å²) in [6.45, 7) is 4.78. The molecule has 0 bridgehead atoms. The molecule has 0 spiro atoms. The minimum absolute atomic E-state index is 0.0801. The molecule has 0 aromatic heterocycles. The van der Waals surface area contributed by atoms with Crippen molar-refractivity contribution in [1.29, 1.82) is 0 Å². The molecule has 0 aliphatic carbocycles. The third kappa shape index (κ3) is 4.76. The molecule has 0 fully saturated rings. The maximum Gasteiger partial charge on any atom is 0.265 e. The van der Waals surface area contributed by atoms with Crippen molar-refractivity contribution in [3.05, 3.63) is 53.8 Å². The lowest BCUT2D eigenvalue weighted by Gasteiger charge is -2.33. The Kier molecular flexibility index (Phi) is 6.34. The van der Waals surface area contributed by atoms with E-state index in [9.17, 15) is 18.8 Å². The molecule has 1 aliphatic heterocycles. The predicted molar refractivity (Wildman–Crippen MR) is 108 cm³/mol. The first-order chi connectivity index (χ1) is 14.3. The minimum Gasteiger partial charge on any atom is -0.485 e. The number of nitrogens with one attached hydrogen (secondary N) is 1. The van der Waals surface area contributed by atoms with Gasteiger partial charge in [0.25, 0.3) is 5.91 Å². The second kappa shape index (κ2) is 8.94. The molecule has 2 aromatic rings. The molecule has 8 heteroatoms.